The molecule has 1 unspecified atom stereocenters. The van der Waals surface area contributed by atoms with Crippen molar-refractivity contribution in [3.05, 3.63) is 40.5 Å². The quantitative estimate of drug-likeness (QED) is 0.932. The monoisotopic (exact) mass is 330 g/mol. The number of para-hydroxylation sites is 1. The van der Waals surface area contributed by atoms with Crippen LogP contribution in [0, 0.1) is 0 Å². The SMILES string of the molecule is O=S(=O)(NCC1Cc2ccccc2O1)c1cnc(Cl)s1. The first-order valence-electron chi connectivity index (χ1n) is 5.90. The first-order chi connectivity index (χ1) is 9.54. The molecule has 2 heterocycles. The fraction of sp³-hybridized carbons (Fsp3) is 0.250. The summed E-state index contributed by atoms with van der Waals surface area (Å²) in [5.41, 5.74) is 1.09. The van der Waals surface area contributed by atoms with Gasteiger partial charge in [-0.05, 0) is 11.6 Å². The number of hydrogen-bond acceptors (Lipinski definition) is 5. The van der Waals surface area contributed by atoms with E-state index in [2.05, 4.69) is 9.71 Å². The van der Waals surface area contributed by atoms with Gasteiger partial charge in [0.25, 0.3) is 10.0 Å². The van der Waals surface area contributed by atoms with Gasteiger partial charge in [-0.15, -0.1) is 0 Å². The second kappa shape index (κ2) is 5.33. The second-order valence-corrected chi connectivity index (χ2v) is 7.94. The summed E-state index contributed by atoms with van der Waals surface area (Å²) in [6.07, 6.45) is 1.76. The largest absolute Gasteiger partial charge is 0.488 e. The molecule has 1 N–H and O–H groups in total. The molecule has 0 radical (unpaired) electrons. The van der Waals surface area contributed by atoms with Crippen LogP contribution in [-0.4, -0.2) is 26.1 Å². The smallest absolute Gasteiger partial charge is 0.251 e. The number of ether oxygens (including phenoxy) is 1. The highest BCUT2D eigenvalue weighted by molar-refractivity contribution is 7.91. The van der Waals surface area contributed by atoms with Crippen molar-refractivity contribution in [2.24, 2.45) is 0 Å². The summed E-state index contributed by atoms with van der Waals surface area (Å²) < 4.78 is 32.6. The Labute approximate surface area is 125 Å². The topological polar surface area (TPSA) is 68.3 Å². The van der Waals surface area contributed by atoms with E-state index in [1.165, 1.54) is 6.20 Å². The van der Waals surface area contributed by atoms with Gasteiger partial charge in [0.1, 0.15) is 11.9 Å². The molecule has 106 valence electrons. The Bertz CT molecular complexity index is 705. The molecule has 1 aliphatic rings. The van der Waals surface area contributed by atoms with Crippen molar-refractivity contribution >= 4 is 33.0 Å². The van der Waals surface area contributed by atoms with Gasteiger partial charge in [-0.1, -0.05) is 41.1 Å². The predicted molar refractivity (Wildman–Crippen MR) is 76.9 cm³/mol. The lowest BCUT2D eigenvalue weighted by molar-refractivity contribution is 0.236. The van der Waals surface area contributed by atoms with Crippen LogP contribution in [0.25, 0.3) is 0 Å². The number of sulfonamides is 1. The Morgan fingerprint density at radius 1 is 1.45 bits per heavy atom. The molecule has 2 aromatic rings. The van der Waals surface area contributed by atoms with E-state index in [4.69, 9.17) is 16.3 Å². The number of halogens is 1. The van der Waals surface area contributed by atoms with Gasteiger partial charge in [0.05, 0.1) is 6.20 Å². The highest BCUT2D eigenvalue weighted by Gasteiger charge is 2.25. The zero-order chi connectivity index (χ0) is 14.2. The van der Waals surface area contributed by atoms with Crippen molar-refractivity contribution in [1.29, 1.82) is 0 Å². The third kappa shape index (κ3) is 2.80. The van der Waals surface area contributed by atoms with Crippen LogP contribution in [0.15, 0.2) is 34.7 Å². The highest BCUT2D eigenvalue weighted by Crippen LogP contribution is 2.28. The van der Waals surface area contributed by atoms with E-state index in [0.29, 0.717) is 6.42 Å². The molecule has 0 bridgehead atoms. The number of aromatic nitrogens is 1. The summed E-state index contributed by atoms with van der Waals surface area (Å²) >= 11 is 6.57. The standard InChI is InChI=1S/C12H11ClN2O3S2/c13-12-14-7-11(19-12)20(16,17)15-6-9-5-8-3-1-2-4-10(8)18-9/h1-4,7,9,15H,5-6H2. The van der Waals surface area contributed by atoms with Crippen molar-refractivity contribution in [3.8, 4) is 5.75 Å². The fourth-order valence-electron chi connectivity index (χ4n) is 2.00. The maximum atomic E-state index is 12.0. The number of hydrogen-bond donors (Lipinski definition) is 1. The Morgan fingerprint density at radius 3 is 2.95 bits per heavy atom. The zero-order valence-electron chi connectivity index (χ0n) is 10.2. The number of rotatable bonds is 4. The zero-order valence-corrected chi connectivity index (χ0v) is 12.6. The number of fused-ring (bicyclic) bond motifs is 1. The molecule has 0 amide bonds. The highest BCUT2D eigenvalue weighted by atomic mass is 35.5. The molecule has 1 aromatic carbocycles. The Morgan fingerprint density at radius 2 is 2.25 bits per heavy atom. The van der Waals surface area contributed by atoms with Crippen molar-refractivity contribution in [2.75, 3.05) is 6.54 Å². The van der Waals surface area contributed by atoms with Crippen LogP contribution in [-0.2, 0) is 16.4 Å². The summed E-state index contributed by atoms with van der Waals surface area (Å²) in [6, 6.07) is 7.69. The normalized spacial score (nSPS) is 17.8. The molecular weight excluding hydrogens is 320 g/mol. The van der Waals surface area contributed by atoms with E-state index in [-0.39, 0.29) is 21.3 Å². The second-order valence-electron chi connectivity index (χ2n) is 4.34. The van der Waals surface area contributed by atoms with E-state index < -0.39 is 10.0 Å². The summed E-state index contributed by atoms with van der Waals surface area (Å²) in [5.74, 6) is 0.817. The average molecular weight is 331 g/mol. The lowest BCUT2D eigenvalue weighted by atomic mass is 10.1. The number of nitrogens with one attached hydrogen (secondary N) is 1. The minimum absolute atomic E-state index is 0.109. The Hall–Kier alpha value is -1.15. The van der Waals surface area contributed by atoms with Crippen molar-refractivity contribution in [2.45, 2.75) is 16.7 Å². The summed E-state index contributed by atoms with van der Waals surface area (Å²) in [6.45, 7) is 0.215. The molecule has 1 aliphatic heterocycles. The third-order valence-corrected chi connectivity index (χ3v) is 5.94. The first kappa shape index (κ1) is 13.8. The van der Waals surface area contributed by atoms with E-state index >= 15 is 0 Å². The van der Waals surface area contributed by atoms with Gasteiger partial charge in [-0.2, -0.15) is 0 Å². The van der Waals surface area contributed by atoms with E-state index in [0.717, 1.165) is 22.6 Å². The molecule has 0 fully saturated rings. The molecule has 1 aromatic heterocycles. The van der Waals surface area contributed by atoms with Crippen LogP contribution in [0.3, 0.4) is 0 Å². The fourth-order valence-corrected chi connectivity index (χ4v) is 4.41. The maximum absolute atomic E-state index is 12.0. The first-order valence-corrected chi connectivity index (χ1v) is 8.58. The van der Waals surface area contributed by atoms with Gasteiger partial charge in [0.2, 0.25) is 0 Å². The van der Waals surface area contributed by atoms with Gasteiger partial charge < -0.3 is 4.74 Å². The van der Waals surface area contributed by atoms with Gasteiger partial charge in [0.15, 0.2) is 8.68 Å². The molecule has 1 atom stereocenters. The lowest BCUT2D eigenvalue weighted by Gasteiger charge is -2.11. The molecule has 0 spiro atoms. The molecule has 20 heavy (non-hydrogen) atoms. The maximum Gasteiger partial charge on any atom is 0.251 e. The molecule has 8 heteroatoms. The minimum Gasteiger partial charge on any atom is -0.488 e. The van der Waals surface area contributed by atoms with E-state index in [1.54, 1.807) is 0 Å². The molecule has 3 rings (SSSR count). The van der Waals surface area contributed by atoms with Gasteiger partial charge in [0, 0.05) is 13.0 Å². The molecular formula is C12H11ClN2O3S2. The van der Waals surface area contributed by atoms with Gasteiger partial charge >= 0.3 is 0 Å². The average Bonchev–Trinajstić information content (AvgIpc) is 3.02. The van der Waals surface area contributed by atoms with Crippen molar-refractivity contribution < 1.29 is 13.2 Å². The van der Waals surface area contributed by atoms with E-state index in [1.807, 2.05) is 24.3 Å². The Balaban J connectivity index is 1.64. The van der Waals surface area contributed by atoms with Crippen LogP contribution >= 0.6 is 22.9 Å². The van der Waals surface area contributed by atoms with Crippen LogP contribution in [0.4, 0.5) is 0 Å². The lowest BCUT2D eigenvalue weighted by Crippen LogP contribution is -2.34. The van der Waals surface area contributed by atoms with Crippen LogP contribution in [0.1, 0.15) is 5.56 Å². The Kier molecular flexibility index (Phi) is 3.68. The van der Waals surface area contributed by atoms with Crippen LogP contribution in [0.2, 0.25) is 4.47 Å². The summed E-state index contributed by atoms with van der Waals surface area (Å²) in [5, 5.41) is 0. The minimum atomic E-state index is -3.57. The van der Waals surface area contributed by atoms with Crippen LogP contribution in [0.5, 0.6) is 5.75 Å². The predicted octanol–water partition coefficient (Wildman–Crippen LogP) is 2.08. The summed E-state index contributed by atoms with van der Waals surface area (Å²) in [7, 11) is -3.57. The van der Waals surface area contributed by atoms with Crippen molar-refractivity contribution in [3.63, 3.8) is 0 Å². The molecule has 0 saturated carbocycles. The van der Waals surface area contributed by atoms with Gasteiger partial charge in [-0.3, -0.25) is 0 Å². The van der Waals surface area contributed by atoms with Crippen molar-refractivity contribution in [1.82, 2.24) is 9.71 Å². The number of nitrogens with zero attached hydrogens (tertiary/aromatic N) is 1. The van der Waals surface area contributed by atoms with Gasteiger partial charge in [-0.25, -0.2) is 18.1 Å². The molecule has 5 nitrogen and oxygen atoms in total. The third-order valence-electron chi connectivity index (χ3n) is 2.94. The van der Waals surface area contributed by atoms with Crippen LogP contribution < -0.4 is 9.46 Å². The molecule has 0 saturated heterocycles. The summed E-state index contributed by atoms with van der Waals surface area (Å²) in [4.78, 5) is 3.73. The number of thiazole rings is 1. The number of benzene rings is 1. The molecule has 0 aliphatic carbocycles. The van der Waals surface area contributed by atoms with E-state index in [9.17, 15) is 8.42 Å².